The van der Waals surface area contributed by atoms with Gasteiger partial charge in [-0.2, -0.15) is 0 Å². The molecule has 0 saturated heterocycles. The van der Waals surface area contributed by atoms with Crippen molar-refractivity contribution in [1.29, 1.82) is 0 Å². The topological polar surface area (TPSA) is 52.6 Å². The Morgan fingerprint density at radius 2 is 0.944 bits per heavy atom. The summed E-state index contributed by atoms with van der Waals surface area (Å²) in [4.78, 5) is 22.5. The van der Waals surface area contributed by atoms with Crippen LogP contribution < -0.4 is 0 Å². The molecule has 0 rings (SSSR count). The predicted molar refractivity (Wildman–Crippen MR) is 70.0 cm³/mol. The van der Waals surface area contributed by atoms with E-state index in [1.54, 1.807) is 0 Å². The predicted octanol–water partition coefficient (Wildman–Crippen LogP) is 2.94. The molecule has 0 amide bonds. The van der Waals surface area contributed by atoms with Gasteiger partial charge < -0.3 is 9.47 Å². The van der Waals surface area contributed by atoms with E-state index in [9.17, 15) is 9.59 Å². The maximum Gasteiger partial charge on any atom is 0.303 e. The minimum absolute atomic E-state index is 0.306. The molecule has 0 radical (unpaired) electrons. The molecule has 2 unspecified atom stereocenters. The van der Waals surface area contributed by atoms with E-state index in [2.05, 4.69) is 0 Å². The molecule has 0 spiro atoms. The van der Waals surface area contributed by atoms with Crippen LogP contribution in [-0.4, -0.2) is 24.1 Å². The second-order valence-electron chi connectivity index (χ2n) is 6.79. The van der Waals surface area contributed by atoms with Crippen molar-refractivity contribution in [3.63, 3.8) is 0 Å². The third-order valence-electron chi connectivity index (χ3n) is 2.57. The van der Waals surface area contributed by atoms with Gasteiger partial charge in [-0.15, -0.1) is 0 Å². The molecule has 0 fully saturated rings. The van der Waals surface area contributed by atoms with Crippen LogP contribution in [0.2, 0.25) is 0 Å². The van der Waals surface area contributed by atoms with Crippen LogP contribution in [0, 0.1) is 10.8 Å². The van der Waals surface area contributed by atoms with Gasteiger partial charge in [-0.25, -0.2) is 0 Å². The molecule has 4 heteroatoms. The van der Waals surface area contributed by atoms with E-state index in [0.29, 0.717) is 0 Å². The summed E-state index contributed by atoms with van der Waals surface area (Å²) in [5.41, 5.74) is -0.613. The second kappa shape index (κ2) is 5.72. The van der Waals surface area contributed by atoms with Gasteiger partial charge in [0.1, 0.15) is 12.2 Å². The lowest BCUT2D eigenvalue weighted by Gasteiger charge is -2.41. The zero-order valence-corrected chi connectivity index (χ0v) is 12.8. The molecule has 0 aromatic rings. The van der Waals surface area contributed by atoms with Gasteiger partial charge in [-0.1, -0.05) is 41.5 Å². The number of carbonyl (C=O) groups is 2. The number of rotatable bonds is 3. The Balaban J connectivity index is 5.34. The third kappa shape index (κ3) is 5.52. The fourth-order valence-corrected chi connectivity index (χ4v) is 1.74. The minimum atomic E-state index is -0.473. The molecule has 0 heterocycles. The minimum Gasteiger partial charge on any atom is -0.458 e. The summed E-state index contributed by atoms with van der Waals surface area (Å²) in [5, 5.41) is 0. The van der Waals surface area contributed by atoms with Crippen molar-refractivity contribution in [2.24, 2.45) is 10.8 Å². The highest BCUT2D eigenvalue weighted by molar-refractivity contribution is 5.67. The van der Waals surface area contributed by atoms with Gasteiger partial charge in [0.2, 0.25) is 0 Å². The van der Waals surface area contributed by atoms with E-state index < -0.39 is 12.2 Å². The molecule has 18 heavy (non-hydrogen) atoms. The Kier molecular flexibility index (Phi) is 5.38. The van der Waals surface area contributed by atoms with E-state index in [-0.39, 0.29) is 22.8 Å². The van der Waals surface area contributed by atoms with Crippen molar-refractivity contribution in [2.75, 3.05) is 0 Å². The lowest BCUT2D eigenvalue weighted by Crippen LogP contribution is -2.49. The molecule has 0 bridgehead atoms. The summed E-state index contributed by atoms with van der Waals surface area (Å²) >= 11 is 0. The average molecular weight is 258 g/mol. The molecule has 4 nitrogen and oxygen atoms in total. The highest BCUT2D eigenvalue weighted by Crippen LogP contribution is 2.35. The first kappa shape index (κ1) is 16.9. The van der Waals surface area contributed by atoms with Gasteiger partial charge in [0, 0.05) is 24.7 Å². The Bertz CT molecular complexity index is 275. The Hall–Kier alpha value is -1.06. The standard InChI is InChI=1S/C14H26O4/c1-9(15)17-11(13(3,4)5)12(14(6,7)8)18-10(2)16/h11-12H,1-8H3. The molecule has 0 saturated carbocycles. The van der Waals surface area contributed by atoms with E-state index >= 15 is 0 Å². The fraction of sp³-hybridized carbons (Fsp3) is 0.857. The number of ether oxygens (including phenoxy) is 2. The van der Waals surface area contributed by atoms with Crippen LogP contribution in [-0.2, 0) is 19.1 Å². The summed E-state index contributed by atoms with van der Waals surface area (Å²) in [6.07, 6.45) is -0.946. The lowest BCUT2D eigenvalue weighted by molar-refractivity contribution is -0.185. The first-order chi connectivity index (χ1) is 7.85. The van der Waals surface area contributed by atoms with Gasteiger partial charge >= 0.3 is 11.9 Å². The maximum absolute atomic E-state index is 11.3. The van der Waals surface area contributed by atoms with Crippen molar-refractivity contribution < 1.29 is 19.1 Å². The van der Waals surface area contributed by atoms with Crippen molar-refractivity contribution in [3.05, 3.63) is 0 Å². The van der Waals surface area contributed by atoms with Crippen LogP contribution in [0.1, 0.15) is 55.4 Å². The van der Waals surface area contributed by atoms with Crippen LogP contribution in [0.3, 0.4) is 0 Å². The van der Waals surface area contributed by atoms with E-state index in [0.717, 1.165) is 0 Å². The van der Waals surface area contributed by atoms with Gasteiger partial charge in [0.15, 0.2) is 0 Å². The monoisotopic (exact) mass is 258 g/mol. The number of hydrogen-bond acceptors (Lipinski definition) is 4. The Labute approximate surface area is 110 Å². The maximum atomic E-state index is 11.3. The van der Waals surface area contributed by atoms with Crippen LogP contribution >= 0.6 is 0 Å². The summed E-state index contributed by atoms with van der Waals surface area (Å²) in [6.45, 7) is 14.5. The quantitative estimate of drug-likeness (QED) is 0.730. The van der Waals surface area contributed by atoms with Crippen molar-refractivity contribution in [1.82, 2.24) is 0 Å². The second-order valence-corrected chi connectivity index (χ2v) is 6.79. The van der Waals surface area contributed by atoms with Crippen LogP contribution in [0.15, 0.2) is 0 Å². The third-order valence-corrected chi connectivity index (χ3v) is 2.57. The zero-order valence-electron chi connectivity index (χ0n) is 12.8. The molecule has 0 aromatic heterocycles. The van der Waals surface area contributed by atoms with E-state index in [1.807, 2.05) is 41.5 Å². The molecular weight excluding hydrogens is 232 g/mol. The smallest absolute Gasteiger partial charge is 0.303 e. The number of hydrogen-bond donors (Lipinski definition) is 0. The summed E-state index contributed by atoms with van der Waals surface area (Å²) < 4.78 is 10.8. The first-order valence-corrected chi connectivity index (χ1v) is 6.20. The van der Waals surface area contributed by atoms with Crippen LogP contribution in [0.25, 0.3) is 0 Å². The summed E-state index contributed by atoms with van der Waals surface area (Å²) in [6, 6.07) is 0. The molecule has 0 aliphatic heterocycles. The average Bonchev–Trinajstić information content (AvgIpc) is 2.06. The SMILES string of the molecule is CC(=O)OC(C(OC(C)=O)C(C)(C)C)C(C)(C)C. The van der Waals surface area contributed by atoms with Gasteiger partial charge in [-0.05, 0) is 0 Å². The highest BCUT2D eigenvalue weighted by Gasteiger charge is 2.43. The summed E-state index contributed by atoms with van der Waals surface area (Å²) in [7, 11) is 0. The van der Waals surface area contributed by atoms with Crippen LogP contribution in [0.4, 0.5) is 0 Å². The Morgan fingerprint density at radius 1 is 0.722 bits per heavy atom. The van der Waals surface area contributed by atoms with Crippen molar-refractivity contribution >= 4 is 11.9 Å². The molecule has 106 valence electrons. The number of carbonyl (C=O) groups excluding carboxylic acids is 2. The van der Waals surface area contributed by atoms with E-state index in [4.69, 9.17) is 9.47 Å². The van der Waals surface area contributed by atoms with Gasteiger partial charge in [0.05, 0.1) is 0 Å². The molecule has 0 aliphatic rings. The molecule has 0 aromatic carbocycles. The Morgan fingerprint density at radius 3 is 1.06 bits per heavy atom. The van der Waals surface area contributed by atoms with Gasteiger partial charge in [0.25, 0.3) is 0 Å². The largest absolute Gasteiger partial charge is 0.458 e. The van der Waals surface area contributed by atoms with E-state index in [1.165, 1.54) is 13.8 Å². The number of esters is 2. The first-order valence-electron chi connectivity index (χ1n) is 6.20. The zero-order chi connectivity index (χ0) is 14.7. The molecule has 0 aliphatic carbocycles. The lowest BCUT2D eigenvalue weighted by atomic mass is 9.76. The normalized spacial score (nSPS) is 15.8. The van der Waals surface area contributed by atoms with Crippen molar-refractivity contribution in [2.45, 2.75) is 67.6 Å². The molecule has 2 atom stereocenters. The van der Waals surface area contributed by atoms with Crippen LogP contribution in [0.5, 0.6) is 0 Å². The highest BCUT2D eigenvalue weighted by atomic mass is 16.6. The van der Waals surface area contributed by atoms with Gasteiger partial charge in [-0.3, -0.25) is 9.59 Å². The molecular formula is C14H26O4. The fourth-order valence-electron chi connectivity index (χ4n) is 1.74. The van der Waals surface area contributed by atoms with Crippen molar-refractivity contribution in [3.8, 4) is 0 Å². The summed E-state index contributed by atoms with van der Waals surface area (Å²) in [5.74, 6) is -0.729. The molecule has 0 N–H and O–H groups in total.